The lowest BCUT2D eigenvalue weighted by Gasteiger charge is -2.27. The van der Waals surface area contributed by atoms with E-state index in [0.29, 0.717) is 0 Å². The summed E-state index contributed by atoms with van der Waals surface area (Å²) in [6.07, 6.45) is 11.3. The van der Waals surface area contributed by atoms with Crippen LogP contribution in [0.15, 0.2) is 34.5 Å². The van der Waals surface area contributed by atoms with Crippen molar-refractivity contribution in [2.45, 2.75) is 53.5 Å². The van der Waals surface area contributed by atoms with E-state index in [1.807, 2.05) is 31.2 Å². The normalized spacial score (nSPS) is 27.9. The second-order valence-corrected chi connectivity index (χ2v) is 5.24. The van der Waals surface area contributed by atoms with Crippen molar-refractivity contribution in [3.63, 3.8) is 0 Å². The molecule has 2 aliphatic heterocycles. The Morgan fingerprint density at radius 2 is 1.72 bits per heavy atom. The Morgan fingerprint density at radius 3 is 2.33 bits per heavy atom. The molecule has 0 aromatic heterocycles. The largest absolute Gasteiger partial charge is 0.294 e. The monoisotopic (exact) mass is 247 g/mol. The molecule has 18 heavy (non-hydrogen) atoms. The molecule has 0 radical (unpaired) electrons. The van der Waals surface area contributed by atoms with Crippen LogP contribution in [0.25, 0.3) is 0 Å². The number of rotatable bonds is 1. The summed E-state index contributed by atoms with van der Waals surface area (Å²) in [5, 5.41) is 0. The molecule has 2 heterocycles. The fraction of sp³-hybridized carbons (Fsp3) is 0.600. The van der Waals surface area contributed by atoms with E-state index in [0.717, 1.165) is 12.4 Å². The third-order valence-corrected chi connectivity index (χ3v) is 3.07. The number of allylic oxidation sites excluding steroid dienone is 1. The number of nitrogens with zero attached hydrogens (tertiary/aromatic N) is 3. The van der Waals surface area contributed by atoms with Gasteiger partial charge in [0, 0.05) is 24.0 Å². The minimum Gasteiger partial charge on any atom is -0.294 e. The van der Waals surface area contributed by atoms with E-state index in [1.165, 1.54) is 0 Å². The first-order valence-corrected chi connectivity index (χ1v) is 6.76. The molecule has 0 N–H and O–H groups in total. The first-order chi connectivity index (χ1) is 8.44. The Hall–Kier alpha value is -1.38. The van der Waals surface area contributed by atoms with Gasteiger partial charge in [0.25, 0.3) is 0 Å². The third kappa shape index (κ3) is 3.31. The maximum Gasteiger partial charge on any atom is 0.229 e. The summed E-state index contributed by atoms with van der Waals surface area (Å²) in [7, 11) is 0. The summed E-state index contributed by atoms with van der Waals surface area (Å²) in [6.45, 7) is 12.5. The lowest BCUT2D eigenvalue weighted by Crippen LogP contribution is -2.30. The summed E-state index contributed by atoms with van der Waals surface area (Å²) >= 11 is 0. The lowest BCUT2D eigenvalue weighted by molar-refractivity contribution is 0.526. The zero-order valence-electron chi connectivity index (χ0n) is 12.4. The van der Waals surface area contributed by atoms with Crippen LogP contribution in [0.5, 0.6) is 0 Å². The van der Waals surface area contributed by atoms with Crippen LogP contribution in [0.3, 0.4) is 0 Å². The number of hydrogen-bond donors (Lipinski definition) is 0. The van der Waals surface area contributed by atoms with Crippen molar-refractivity contribution >= 4 is 12.2 Å². The zero-order chi connectivity index (χ0) is 13.8. The van der Waals surface area contributed by atoms with Gasteiger partial charge >= 0.3 is 0 Å². The molecule has 0 bridgehead atoms. The topological polar surface area (TPSA) is 28.0 Å². The highest BCUT2D eigenvalue weighted by Gasteiger charge is 2.25. The van der Waals surface area contributed by atoms with E-state index in [9.17, 15) is 0 Å². The molecule has 0 aromatic carbocycles. The van der Waals surface area contributed by atoms with Crippen molar-refractivity contribution in [2.75, 3.05) is 0 Å². The predicted octanol–water partition coefficient (Wildman–Crippen LogP) is 3.99. The number of aliphatic imine (C=N–C) groups is 2. The van der Waals surface area contributed by atoms with E-state index in [-0.39, 0.29) is 11.0 Å². The Bertz CT molecular complexity index is 402. The summed E-state index contributed by atoms with van der Waals surface area (Å²) in [5.74, 6) is 0.786. The standard InChI is InChI=1S/C13H19N3.C2H6/c1-5-13(4)7-9-16-8-6-12(2,3)10-14-11(16)15-13;1-2/h6-10H,5H2,1-4H3;1-2H3. The van der Waals surface area contributed by atoms with Crippen LogP contribution in [0.2, 0.25) is 0 Å². The van der Waals surface area contributed by atoms with Gasteiger partial charge in [-0.05, 0) is 19.4 Å². The van der Waals surface area contributed by atoms with E-state index in [2.05, 4.69) is 56.0 Å². The van der Waals surface area contributed by atoms with Gasteiger partial charge in [0.15, 0.2) is 0 Å². The highest BCUT2D eigenvalue weighted by molar-refractivity contribution is 5.92. The summed E-state index contributed by atoms with van der Waals surface area (Å²) < 4.78 is 0. The fourth-order valence-electron chi connectivity index (χ4n) is 1.58. The Labute approximate surface area is 111 Å². The quantitative estimate of drug-likeness (QED) is 0.688. The molecule has 1 unspecified atom stereocenters. The van der Waals surface area contributed by atoms with Crippen molar-refractivity contribution in [3.05, 3.63) is 24.6 Å². The average molecular weight is 247 g/mol. The van der Waals surface area contributed by atoms with Gasteiger partial charge in [-0.2, -0.15) is 0 Å². The smallest absolute Gasteiger partial charge is 0.229 e. The molecule has 3 nitrogen and oxygen atoms in total. The molecule has 0 aromatic rings. The van der Waals surface area contributed by atoms with Gasteiger partial charge in [-0.15, -0.1) is 0 Å². The molecule has 2 aliphatic rings. The van der Waals surface area contributed by atoms with Crippen molar-refractivity contribution in [3.8, 4) is 0 Å². The maximum absolute atomic E-state index is 4.69. The number of fused-ring (bicyclic) bond motifs is 1. The van der Waals surface area contributed by atoms with Gasteiger partial charge in [0.1, 0.15) is 0 Å². The van der Waals surface area contributed by atoms with Crippen LogP contribution < -0.4 is 0 Å². The predicted molar refractivity (Wildman–Crippen MR) is 79.9 cm³/mol. The Kier molecular flexibility index (Phi) is 4.49. The minimum absolute atomic E-state index is 0.00365. The molecule has 1 atom stereocenters. The molecule has 0 spiro atoms. The van der Waals surface area contributed by atoms with Crippen molar-refractivity contribution in [1.82, 2.24) is 4.90 Å². The lowest BCUT2D eigenvalue weighted by atomic mass is 9.96. The van der Waals surface area contributed by atoms with E-state index < -0.39 is 0 Å². The van der Waals surface area contributed by atoms with Crippen molar-refractivity contribution in [2.24, 2.45) is 15.4 Å². The first kappa shape index (κ1) is 14.7. The first-order valence-electron chi connectivity index (χ1n) is 6.76. The summed E-state index contributed by atoms with van der Waals surface area (Å²) in [4.78, 5) is 11.1. The summed E-state index contributed by atoms with van der Waals surface area (Å²) in [5.41, 5.74) is -0.109. The molecule has 0 amide bonds. The molecule has 0 aliphatic carbocycles. The van der Waals surface area contributed by atoms with Crippen molar-refractivity contribution in [1.29, 1.82) is 0 Å². The van der Waals surface area contributed by atoms with Crippen LogP contribution in [-0.2, 0) is 0 Å². The molecule has 0 saturated heterocycles. The van der Waals surface area contributed by atoms with E-state index in [1.54, 1.807) is 0 Å². The zero-order valence-corrected chi connectivity index (χ0v) is 12.4. The van der Waals surface area contributed by atoms with E-state index >= 15 is 0 Å². The van der Waals surface area contributed by atoms with Gasteiger partial charge in [-0.3, -0.25) is 4.90 Å². The van der Waals surface area contributed by atoms with Crippen molar-refractivity contribution < 1.29 is 0 Å². The van der Waals surface area contributed by atoms with Crippen LogP contribution >= 0.6 is 0 Å². The minimum atomic E-state index is -0.106. The highest BCUT2D eigenvalue weighted by atomic mass is 15.3. The second-order valence-electron chi connectivity index (χ2n) is 5.24. The third-order valence-electron chi connectivity index (χ3n) is 3.07. The second kappa shape index (κ2) is 5.51. The van der Waals surface area contributed by atoms with E-state index in [4.69, 9.17) is 0 Å². The molecule has 3 heteroatoms. The van der Waals surface area contributed by atoms with Gasteiger partial charge in [-0.1, -0.05) is 40.7 Å². The molecule has 100 valence electrons. The van der Waals surface area contributed by atoms with Crippen LogP contribution in [0.4, 0.5) is 0 Å². The van der Waals surface area contributed by atoms with Crippen LogP contribution in [0.1, 0.15) is 48.0 Å². The van der Waals surface area contributed by atoms with Gasteiger partial charge < -0.3 is 0 Å². The highest BCUT2D eigenvalue weighted by Crippen LogP contribution is 2.25. The van der Waals surface area contributed by atoms with Gasteiger partial charge in [0.2, 0.25) is 5.96 Å². The Morgan fingerprint density at radius 1 is 1.11 bits per heavy atom. The van der Waals surface area contributed by atoms with Crippen LogP contribution in [-0.4, -0.2) is 22.6 Å². The maximum atomic E-state index is 4.69. The fourth-order valence-corrected chi connectivity index (χ4v) is 1.58. The molecule has 0 fully saturated rings. The molecular weight excluding hydrogens is 222 g/mol. The van der Waals surface area contributed by atoms with Gasteiger partial charge in [-0.25, -0.2) is 9.98 Å². The van der Waals surface area contributed by atoms with Crippen LogP contribution in [0, 0.1) is 5.41 Å². The molecule has 0 saturated carbocycles. The average Bonchev–Trinajstić information content (AvgIpc) is 2.51. The van der Waals surface area contributed by atoms with Gasteiger partial charge in [0.05, 0.1) is 5.54 Å². The molecule has 2 rings (SSSR count). The summed E-state index contributed by atoms with van der Waals surface area (Å²) in [6, 6.07) is 0. The SMILES string of the molecule is CC.CCC1(C)C=CN2C=CC(C)(C)C=NC2=N1. The Balaban J connectivity index is 0.000000771. The number of hydrogen-bond acceptors (Lipinski definition) is 3. The molecular formula is C15H25N3. The number of guanidine groups is 1.